The molecular weight excluding hydrogens is 276 g/mol. The number of ketones is 1. The summed E-state index contributed by atoms with van der Waals surface area (Å²) in [6.45, 7) is 3.74. The first kappa shape index (κ1) is 14.5. The summed E-state index contributed by atoms with van der Waals surface area (Å²) in [6.07, 6.45) is 0.636. The van der Waals surface area contributed by atoms with Crippen molar-refractivity contribution in [1.82, 2.24) is 10.2 Å². The van der Waals surface area contributed by atoms with Crippen LogP contribution in [0.3, 0.4) is 0 Å². The predicted molar refractivity (Wildman–Crippen MR) is 77.6 cm³/mol. The topological polar surface area (TPSA) is 52.1 Å². The lowest BCUT2D eigenvalue weighted by atomic mass is 10.00. The van der Waals surface area contributed by atoms with Crippen LogP contribution in [0.15, 0.2) is 24.3 Å². The van der Waals surface area contributed by atoms with Crippen molar-refractivity contribution in [2.24, 2.45) is 0 Å². The predicted octanol–water partition coefficient (Wildman–Crippen LogP) is 3.24. The van der Waals surface area contributed by atoms with E-state index in [1.54, 1.807) is 31.2 Å². The van der Waals surface area contributed by atoms with Crippen LogP contribution in [0, 0.1) is 6.92 Å². The van der Waals surface area contributed by atoms with Crippen LogP contribution in [0.4, 0.5) is 0 Å². The lowest BCUT2D eigenvalue weighted by Crippen LogP contribution is -2.10. The monoisotopic (exact) mass is 290 g/mol. The van der Waals surface area contributed by atoms with Crippen LogP contribution < -0.4 is 4.74 Å². The molecule has 104 valence electrons. The Balaban J connectivity index is 2.56. The van der Waals surface area contributed by atoms with E-state index in [4.69, 9.17) is 16.3 Å². The highest BCUT2D eigenvalue weighted by Gasteiger charge is 2.19. The first-order valence-corrected chi connectivity index (χ1v) is 6.66. The number of halogens is 1. The summed E-state index contributed by atoms with van der Waals surface area (Å²) in [5.74, 6) is 0.343. The van der Waals surface area contributed by atoms with E-state index in [9.17, 15) is 4.79 Å². The van der Waals surface area contributed by atoms with E-state index in [-0.39, 0.29) is 5.78 Å². The number of carbonyl (C=O) groups excluding carboxylic acids is 1. The molecule has 0 bridgehead atoms. The molecule has 0 atom stereocenters. The number of aryl methyl sites for hydroxylation is 2. The van der Waals surface area contributed by atoms with Gasteiger partial charge < -0.3 is 4.74 Å². The van der Waals surface area contributed by atoms with Gasteiger partial charge >= 0.3 is 0 Å². The highest BCUT2D eigenvalue weighted by Crippen LogP contribution is 2.26. The maximum Gasteiger partial charge on any atom is 0.198 e. The Labute approximate surface area is 122 Å². The number of ether oxygens (including phenoxy) is 1. The second-order valence-corrected chi connectivity index (χ2v) is 4.81. The summed E-state index contributed by atoms with van der Waals surface area (Å²) >= 11 is 5.97. The third-order valence-corrected chi connectivity index (χ3v) is 3.21. The van der Waals surface area contributed by atoms with Gasteiger partial charge in [-0.1, -0.05) is 18.5 Å². The molecule has 0 N–H and O–H groups in total. The maximum atomic E-state index is 12.7. The maximum absolute atomic E-state index is 12.7. The number of hydrogen-bond acceptors (Lipinski definition) is 4. The highest BCUT2D eigenvalue weighted by atomic mass is 35.5. The van der Waals surface area contributed by atoms with Gasteiger partial charge in [0.05, 0.1) is 24.1 Å². The van der Waals surface area contributed by atoms with E-state index >= 15 is 0 Å². The van der Waals surface area contributed by atoms with Crippen molar-refractivity contribution in [2.75, 3.05) is 7.11 Å². The van der Waals surface area contributed by atoms with Gasteiger partial charge in [-0.2, -0.15) is 10.2 Å². The van der Waals surface area contributed by atoms with Crippen LogP contribution in [-0.2, 0) is 6.42 Å². The number of benzene rings is 1. The summed E-state index contributed by atoms with van der Waals surface area (Å²) in [7, 11) is 1.52. The van der Waals surface area contributed by atoms with Crippen molar-refractivity contribution in [3.8, 4) is 5.75 Å². The third-order valence-electron chi connectivity index (χ3n) is 2.98. The molecule has 0 fully saturated rings. The Bertz CT molecular complexity index is 601. The number of carbonyl (C=O) groups is 1. The van der Waals surface area contributed by atoms with Gasteiger partial charge in [0.1, 0.15) is 5.75 Å². The molecule has 0 aliphatic rings. The van der Waals surface area contributed by atoms with Crippen LogP contribution in [0.1, 0.15) is 34.2 Å². The second-order valence-electron chi connectivity index (χ2n) is 4.37. The Kier molecular flexibility index (Phi) is 4.35. The summed E-state index contributed by atoms with van der Waals surface area (Å²) in [5, 5.41) is 8.56. The fraction of sp³-hybridized carbons (Fsp3) is 0.267. The second kappa shape index (κ2) is 6.01. The molecule has 0 aliphatic carbocycles. The van der Waals surface area contributed by atoms with Crippen LogP contribution in [0.5, 0.6) is 5.75 Å². The van der Waals surface area contributed by atoms with Crippen molar-refractivity contribution >= 4 is 17.4 Å². The standard InChI is InChI=1S/C15H15ClN2O2/c1-4-13-11(7-9(2)17-18-13)15(19)12-8-10(16)5-6-14(12)20-3/h5-8H,4H2,1-3H3. The molecule has 0 spiro atoms. The molecule has 0 saturated carbocycles. The molecular formula is C15H15ClN2O2. The first-order chi connectivity index (χ1) is 9.56. The largest absolute Gasteiger partial charge is 0.496 e. The van der Waals surface area contributed by atoms with Gasteiger partial charge in [0.25, 0.3) is 0 Å². The molecule has 0 radical (unpaired) electrons. The van der Waals surface area contributed by atoms with E-state index in [0.29, 0.717) is 39.7 Å². The van der Waals surface area contributed by atoms with Crippen molar-refractivity contribution in [2.45, 2.75) is 20.3 Å². The molecule has 0 amide bonds. The summed E-state index contributed by atoms with van der Waals surface area (Å²) in [6, 6.07) is 6.73. The minimum atomic E-state index is -0.154. The van der Waals surface area contributed by atoms with Crippen LogP contribution in [0.2, 0.25) is 5.02 Å². The average molecular weight is 291 g/mol. The van der Waals surface area contributed by atoms with E-state index in [1.165, 1.54) is 7.11 Å². The Morgan fingerprint density at radius 3 is 2.65 bits per heavy atom. The van der Waals surface area contributed by atoms with Gasteiger partial charge in [0.15, 0.2) is 5.78 Å². The number of aromatic nitrogens is 2. The van der Waals surface area contributed by atoms with Gasteiger partial charge in [-0.3, -0.25) is 4.79 Å². The Morgan fingerprint density at radius 1 is 1.25 bits per heavy atom. The van der Waals surface area contributed by atoms with Crippen molar-refractivity contribution in [3.05, 3.63) is 51.8 Å². The smallest absolute Gasteiger partial charge is 0.198 e. The number of rotatable bonds is 4. The van der Waals surface area contributed by atoms with Crippen LogP contribution in [-0.4, -0.2) is 23.1 Å². The fourth-order valence-electron chi connectivity index (χ4n) is 1.97. The van der Waals surface area contributed by atoms with Gasteiger partial charge in [-0.25, -0.2) is 0 Å². The SMILES string of the molecule is CCc1nnc(C)cc1C(=O)c1cc(Cl)ccc1OC. The number of hydrogen-bond donors (Lipinski definition) is 0. The van der Waals surface area contributed by atoms with Crippen molar-refractivity contribution in [3.63, 3.8) is 0 Å². The normalized spacial score (nSPS) is 10.4. The Hall–Kier alpha value is -1.94. The number of nitrogens with zero attached hydrogens (tertiary/aromatic N) is 2. The van der Waals surface area contributed by atoms with E-state index in [0.717, 1.165) is 0 Å². The van der Waals surface area contributed by atoms with E-state index in [1.807, 2.05) is 6.92 Å². The number of methoxy groups -OCH3 is 1. The molecule has 2 aromatic rings. The van der Waals surface area contributed by atoms with Crippen molar-refractivity contribution in [1.29, 1.82) is 0 Å². The zero-order valence-corrected chi connectivity index (χ0v) is 12.4. The average Bonchev–Trinajstić information content (AvgIpc) is 2.46. The van der Waals surface area contributed by atoms with Gasteiger partial charge in [0.2, 0.25) is 0 Å². The summed E-state index contributed by atoms with van der Waals surface area (Å²) in [4.78, 5) is 12.7. The molecule has 1 aromatic heterocycles. The minimum Gasteiger partial charge on any atom is -0.496 e. The zero-order valence-electron chi connectivity index (χ0n) is 11.6. The fourth-order valence-corrected chi connectivity index (χ4v) is 2.15. The Morgan fingerprint density at radius 2 is 2.00 bits per heavy atom. The molecule has 20 heavy (non-hydrogen) atoms. The van der Waals surface area contributed by atoms with Gasteiger partial charge in [-0.05, 0) is 37.6 Å². The van der Waals surface area contributed by atoms with Gasteiger partial charge in [-0.15, -0.1) is 0 Å². The van der Waals surface area contributed by atoms with Crippen molar-refractivity contribution < 1.29 is 9.53 Å². The molecule has 5 heteroatoms. The highest BCUT2D eigenvalue weighted by molar-refractivity contribution is 6.31. The molecule has 0 unspecified atom stereocenters. The van der Waals surface area contributed by atoms with Crippen LogP contribution >= 0.6 is 11.6 Å². The quantitative estimate of drug-likeness (QED) is 0.811. The van der Waals surface area contributed by atoms with Crippen LogP contribution in [0.25, 0.3) is 0 Å². The van der Waals surface area contributed by atoms with E-state index < -0.39 is 0 Å². The molecule has 0 saturated heterocycles. The third kappa shape index (κ3) is 2.80. The zero-order chi connectivity index (χ0) is 14.7. The summed E-state index contributed by atoms with van der Waals surface area (Å²) in [5.41, 5.74) is 2.34. The van der Waals surface area contributed by atoms with E-state index in [2.05, 4.69) is 10.2 Å². The lowest BCUT2D eigenvalue weighted by molar-refractivity contribution is 0.103. The van der Waals surface area contributed by atoms with Gasteiger partial charge in [0, 0.05) is 10.6 Å². The molecule has 1 heterocycles. The first-order valence-electron chi connectivity index (χ1n) is 6.28. The summed E-state index contributed by atoms with van der Waals surface area (Å²) < 4.78 is 5.23. The molecule has 4 nitrogen and oxygen atoms in total. The lowest BCUT2D eigenvalue weighted by Gasteiger charge is -2.10. The molecule has 1 aromatic carbocycles. The minimum absolute atomic E-state index is 0.154. The molecule has 2 rings (SSSR count). The molecule has 0 aliphatic heterocycles.